The molecule has 0 N–H and O–H groups in total. The van der Waals surface area contributed by atoms with Gasteiger partial charge in [-0.1, -0.05) is 35.8 Å². The average Bonchev–Trinajstić information content (AvgIpc) is 2.44. The van der Waals surface area contributed by atoms with Gasteiger partial charge >= 0.3 is 5.97 Å². The number of rotatable bonds is 3. The SMILES string of the molecule is COC(=O)c1ccc(CN2CCC(C)C(C)C2)c(Br)c1. The van der Waals surface area contributed by atoms with Crippen LogP contribution in [0.15, 0.2) is 22.7 Å². The van der Waals surface area contributed by atoms with E-state index >= 15 is 0 Å². The smallest absolute Gasteiger partial charge is 0.337 e. The molecule has 0 amide bonds. The molecule has 0 radical (unpaired) electrons. The molecule has 1 aromatic rings. The molecule has 0 bridgehead atoms. The van der Waals surface area contributed by atoms with Gasteiger partial charge in [0.25, 0.3) is 0 Å². The van der Waals surface area contributed by atoms with Crippen molar-refractivity contribution in [1.82, 2.24) is 4.90 Å². The number of methoxy groups -OCH3 is 1. The van der Waals surface area contributed by atoms with Crippen molar-refractivity contribution in [2.24, 2.45) is 11.8 Å². The first kappa shape index (κ1) is 15.5. The molecule has 1 fully saturated rings. The van der Waals surface area contributed by atoms with Crippen LogP contribution in [0.1, 0.15) is 36.2 Å². The Labute approximate surface area is 129 Å². The number of nitrogens with zero attached hydrogens (tertiary/aromatic N) is 1. The van der Waals surface area contributed by atoms with Crippen molar-refractivity contribution in [3.8, 4) is 0 Å². The van der Waals surface area contributed by atoms with Crippen molar-refractivity contribution >= 4 is 21.9 Å². The Kier molecular flexibility index (Phi) is 5.22. The first-order valence-electron chi connectivity index (χ1n) is 7.10. The minimum absolute atomic E-state index is 0.294. The lowest BCUT2D eigenvalue weighted by Gasteiger charge is -2.35. The van der Waals surface area contributed by atoms with Crippen LogP contribution < -0.4 is 0 Å². The largest absolute Gasteiger partial charge is 0.465 e. The molecule has 2 unspecified atom stereocenters. The van der Waals surface area contributed by atoms with E-state index in [0.29, 0.717) is 5.56 Å². The summed E-state index contributed by atoms with van der Waals surface area (Å²) in [6.45, 7) is 7.89. The van der Waals surface area contributed by atoms with Crippen LogP contribution in [0.4, 0.5) is 0 Å². The predicted molar refractivity (Wildman–Crippen MR) is 83.7 cm³/mol. The zero-order valence-corrected chi connectivity index (χ0v) is 13.9. The van der Waals surface area contributed by atoms with Gasteiger partial charge < -0.3 is 4.74 Å². The van der Waals surface area contributed by atoms with E-state index in [9.17, 15) is 4.79 Å². The third kappa shape index (κ3) is 3.61. The molecule has 1 aliphatic rings. The lowest BCUT2D eigenvalue weighted by atomic mass is 9.88. The molecular formula is C16H22BrNO2. The average molecular weight is 340 g/mol. The Morgan fingerprint density at radius 2 is 2.15 bits per heavy atom. The molecule has 4 heteroatoms. The molecule has 20 heavy (non-hydrogen) atoms. The van der Waals surface area contributed by atoms with Crippen LogP contribution in [0.2, 0.25) is 0 Å². The van der Waals surface area contributed by atoms with Crippen molar-refractivity contribution in [1.29, 1.82) is 0 Å². The Hall–Kier alpha value is -0.870. The van der Waals surface area contributed by atoms with Gasteiger partial charge in [-0.2, -0.15) is 0 Å². The third-order valence-electron chi connectivity index (χ3n) is 4.29. The number of carbonyl (C=O) groups is 1. The normalized spacial score (nSPS) is 23.6. The summed E-state index contributed by atoms with van der Waals surface area (Å²) in [4.78, 5) is 14.0. The monoisotopic (exact) mass is 339 g/mol. The highest BCUT2D eigenvalue weighted by Gasteiger charge is 2.23. The molecule has 0 saturated carbocycles. The quantitative estimate of drug-likeness (QED) is 0.786. The maximum absolute atomic E-state index is 11.5. The lowest BCUT2D eigenvalue weighted by molar-refractivity contribution is 0.0600. The van der Waals surface area contributed by atoms with Crippen LogP contribution in [0, 0.1) is 11.8 Å². The number of hydrogen-bond acceptors (Lipinski definition) is 3. The summed E-state index contributed by atoms with van der Waals surface area (Å²) in [5.41, 5.74) is 1.81. The van der Waals surface area contributed by atoms with Crippen LogP contribution >= 0.6 is 15.9 Å². The Morgan fingerprint density at radius 1 is 1.40 bits per heavy atom. The van der Waals surface area contributed by atoms with Crippen molar-refractivity contribution in [2.45, 2.75) is 26.8 Å². The second kappa shape index (κ2) is 6.72. The summed E-state index contributed by atoms with van der Waals surface area (Å²) in [7, 11) is 1.40. The van der Waals surface area contributed by atoms with Crippen LogP contribution in [0.25, 0.3) is 0 Å². The number of halogens is 1. The second-order valence-electron chi connectivity index (χ2n) is 5.78. The van der Waals surface area contributed by atoms with E-state index in [4.69, 9.17) is 4.74 Å². The van der Waals surface area contributed by atoms with Gasteiger partial charge in [-0.3, -0.25) is 4.90 Å². The Morgan fingerprint density at radius 3 is 2.75 bits per heavy atom. The number of hydrogen-bond donors (Lipinski definition) is 0. The molecule has 0 spiro atoms. The maximum Gasteiger partial charge on any atom is 0.337 e. The summed E-state index contributed by atoms with van der Waals surface area (Å²) >= 11 is 3.56. The van der Waals surface area contributed by atoms with Crippen molar-refractivity contribution < 1.29 is 9.53 Å². The summed E-state index contributed by atoms with van der Waals surface area (Å²) in [6.07, 6.45) is 1.26. The fourth-order valence-corrected chi connectivity index (χ4v) is 3.16. The van der Waals surface area contributed by atoms with Gasteiger partial charge in [0.15, 0.2) is 0 Å². The second-order valence-corrected chi connectivity index (χ2v) is 6.63. The topological polar surface area (TPSA) is 29.5 Å². The Bertz CT molecular complexity index is 489. The van der Waals surface area contributed by atoms with E-state index < -0.39 is 0 Å². The van der Waals surface area contributed by atoms with E-state index in [1.54, 1.807) is 0 Å². The fourth-order valence-electron chi connectivity index (χ4n) is 2.65. The van der Waals surface area contributed by atoms with Gasteiger partial charge in [0.2, 0.25) is 0 Å². The molecule has 0 aliphatic carbocycles. The van der Waals surface area contributed by atoms with Crippen LogP contribution in [-0.4, -0.2) is 31.1 Å². The maximum atomic E-state index is 11.5. The first-order chi connectivity index (χ1) is 9.51. The van der Waals surface area contributed by atoms with Gasteiger partial charge in [0.05, 0.1) is 12.7 Å². The molecule has 1 heterocycles. The van der Waals surface area contributed by atoms with E-state index in [1.807, 2.05) is 18.2 Å². The van der Waals surface area contributed by atoms with Gasteiger partial charge in [-0.05, 0) is 42.5 Å². The predicted octanol–water partition coefficient (Wildman–Crippen LogP) is 3.71. The van der Waals surface area contributed by atoms with Crippen LogP contribution in [0.3, 0.4) is 0 Å². The number of benzene rings is 1. The van der Waals surface area contributed by atoms with Gasteiger partial charge in [0, 0.05) is 17.6 Å². The highest BCUT2D eigenvalue weighted by Crippen LogP contribution is 2.26. The van der Waals surface area contributed by atoms with E-state index in [-0.39, 0.29) is 5.97 Å². The van der Waals surface area contributed by atoms with Gasteiger partial charge in [-0.25, -0.2) is 4.79 Å². The van der Waals surface area contributed by atoms with E-state index in [2.05, 4.69) is 34.7 Å². The number of likely N-dealkylation sites (tertiary alicyclic amines) is 1. The van der Waals surface area contributed by atoms with Crippen LogP contribution in [0.5, 0.6) is 0 Å². The van der Waals surface area contributed by atoms with E-state index in [0.717, 1.165) is 35.9 Å². The Balaban J connectivity index is 2.05. The number of piperidine rings is 1. The van der Waals surface area contributed by atoms with E-state index in [1.165, 1.54) is 19.1 Å². The highest BCUT2D eigenvalue weighted by molar-refractivity contribution is 9.10. The summed E-state index contributed by atoms with van der Waals surface area (Å²) in [5, 5.41) is 0. The van der Waals surface area contributed by atoms with Gasteiger partial charge in [0.1, 0.15) is 0 Å². The third-order valence-corrected chi connectivity index (χ3v) is 5.02. The number of ether oxygens (including phenoxy) is 1. The zero-order chi connectivity index (χ0) is 14.7. The summed E-state index contributed by atoms with van der Waals surface area (Å²) < 4.78 is 5.72. The molecular weight excluding hydrogens is 318 g/mol. The highest BCUT2D eigenvalue weighted by atomic mass is 79.9. The molecule has 1 aromatic carbocycles. The first-order valence-corrected chi connectivity index (χ1v) is 7.89. The molecule has 0 aromatic heterocycles. The molecule has 1 aliphatic heterocycles. The summed E-state index contributed by atoms with van der Waals surface area (Å²) in [5.74, 6) is 1.27. The zero-order valence-electron chi connectivity index (χ0n) is 12.4. The minimum Gasteiger partial charge on any atom is -0.465 e. The van der Waals surface area contributed by atoms with Crippen LogP contribution in [-0.2, 0) is 11.3 Å². The standard InChI is InChI=1S/C16H22BrNO2/c1-11-6-7-18(9-12(11)2)10-14-5-4-13(8-15(14)17)16(19)20-3/h4-5,8,11-12H,6-7,9-10H2,1-3H3. The fraction of sp³-hybridized carbons (Fsp3) is 0.562. The molecule has 1 saturated heterocycles. The molecule has 2 rings (SSSR count). The molecule has 3 nitrogen and oxygen atoms in total. The lowest BCUT2D eigenvalue weighted by Crippen LogP contribution is -2.37. The molecule has 2 atom stereocenters. The number of carbonyl (C=O) groups excluding carboxylic acids is 1. The van der Waals surface area contributed by atoms with Crippen molar-refractivity contribution in [3.63, 3.8) is 0 Å². The molecule has 110 valence electrons. The van der Waals surface area contributed by atoms with Crippen molar-refractivity contribution in [2.75, 3.05) is 20.2 Å². The summed E-state index contributed by atoms with van der Waals surface area (Å²) in [6, 6.07) is 5.69. The van der Waals surface area contributed by atoms with Gasteiger partial charge in [-0.15, -0.1) is 0 Å². The van der Waals surface area contributed by atoms with Crippen molar-refractivity contribution in [3.05, 3.63) is 33.8 Å². The number of esters is 1. The minimum atomic E-state index is -0.294.